The van der Waals surface area contributed by atoms with Crippen LogP contribution >= 0.6 is 0 Å². The number of imide groups is 1. The summed E-state index contributed by atoms with van der Waals surface area (Å²) in [6.07, 6.45) is 1.95. The lowest BCUT2D eigenvalue weighted by Crippen LogP contribution is -2.47. The summed E-state index contributed by atoms with van der Waals surface area (Å²) in [5.74, 6) is -1.56. The number of nitrogens with zero attached hydrogens (tertiary/aromatic N) is 2. The van der Waals surface area contributed by atoms with Gasteiger partial charge in [-0.15, -0.1) is 0 Å². The fourth-order valence-corrected chi connectivity index (χ4v) is 3.75. The number of benzene rings is 3. The Bertz CT molecular complexity index is 1180. The van der Waals surface area contributed by atoms with Crippen molar-refractivity contribution in [3.05, 3.63) is 101 Å². The first kappa shape index (κ1) is 22.1. The molecule has 0 N–H and O–H groups in total. The Balaban J connectivity index is 1.54. The highest BCUT2D eigenvalue weighted by Gasteiger charge is 2.43. The monoisotopic (exact) mass is 440 g/mol. The van der Waals surface area contributed by atoms with Gasteiger partial charge in [0.1, 0.15) is 6.04 Å². The maximum absolute atomic E-state index is 12.9. The van der Waals surface area contributed by atoms with Crippen LogP contribution in [0.1, 0.15) is 44.3 Å². The minimum Gasteiger partial charge on any atom is -0.464 e. The number of ether oxygens (including phenoxy) is 1. The second kappa shape index (κ2) is 9.61. The van der Waals surface area contributed by atoms with Crippen molar-refractivity contribution in [1.29, 1.82) is 0 Å². The number of aliphatic imine (C=N–C) groups is 1. The number of esters is 1. The molecule has 0 fully saturated rings. The third kappa shape index (κ3) is 4.75. The quantitative estimate of drug-likeness (QED) is 0.308. The van der Waals surface area contributed by atoms with Gasteiger partial charge in [-0.05, 0) is 49.2 Å². The average molecular weight is 440 g/mol. The maximum atomic E-state index is 12.9. The molecule has 4 rings (SSSR count). The van der Waals surface area contributed by atoms with Crippen LogP contribution in [-0.4, -0.2) is 41.5 Å². The molecule has 1 aliphatic heterocycles. The van der Waals surface area contributed by atoms with E-state index in [0.717, 1.165) is 21.7 Å². The van der Waals surface area contributed by atoms with Gasteiger partial charge in [0.25, 0.3) is 11.8 Å². The first-order valence-corrected chi connectivity index (χ1v) is 10.8. The van der Waals surface area contributed by atoms with E-state index in [1.807, 2.05) is 55.5 Å². The van der Waals surface area contributed by atoms with Crippen molar-refractivity contribution in [3.63, 3.8) is 0 Å². The van der Waals surface area contributed by atoms with Gasteiger partial charge in [0.2, 0.25) is 0 Å². The van der Waals surface area contributed by atoms with E-state index in [2.05, 4.69) is 4.99 Å². The molecule has 1 aliphatic rings. The number of hydrogen-bond acceptors (Lipinski definition) is 5. The summed E-state index contributed by atoms with van der Waals surface area (Å²) >= 11 is 0. The van der Waals surface area contributed by atoms with Crippen LogP contribution in [0.2, 0.25) is 0 Å². The van der Waals surface area contributed by atoms with Gasteiger partial charge in [-0.1, -0.05) is 54.1 Å². The summed E-state index contributed by atoms with van der Waals surface area (Å²) in [5.41, 5.74) is 4.34. The smallest absolute Gasteiger partial charge is 0.329 e. The van der Waals surface area contributed by atoms with Gasteiger partial charge >= 0.3 is 5.97 Å². The molecule has 0 aromatic heterocycles. The van der Waals surface area contributed by atoms with Crippen molar-refractivity contribution >= 4 is 29.7 Å². The van der Waals surface area contributed by atoms with E-state index in [9.17, 15) is 14.4 Å². The summed E-state index contributed by atoms with van der Waals surface area (Å²) in [6, 6.07) is 21.0. The molecular weight excluding hydrogens is 416 g/mol. The van der Waals surface area contributed by atoms with Gasteiger partial charge in [-0.3, -0.25) is 19.5 Å². The van der Waals surface area contributed by atoms with Crippen LogP contribution in [0.5, 0.6) is 0 Å². The lowest BCUT2D eigenvalue weighted by Gasteiger charge is -2.24. The van der Waals surface area contributed by atoms with Gasteiger partial charge < -0.3 is 4.74 Å². The van der Waals surface area contributed by atoms with Gasteiger partial charge in [0.15, 0.2) is 0 Å². The zero-order valence-corrected chi connectivity index (χ0v) is 18.5. The minimum atomic E-state index is -1.04. The number of aryl methyl sites for hydroxylation is 1. The lowest BCUT2D eigenvalue weighted by atomic mass is 10.0. The van der Waals surface area contributed by atoms with Crippen LogP contribution in [0.15, 0.2) is 77.8 Å². The molecule has 3 aromatic carbocycles. The third-order valence-electron chi connectivity index (χ3n) is 5.50. The van der Waals surface area contributed by atoms with Gasteiger partial charge in [-0.2, -0.15) is 0 Å². The van der Waals surface area contributed by atoms with Gasteiger partial charge in [0.05, 0.1) is 23.4 Å². The second-order valence-corrected chi connectivity index (χ2v) is 7.83. The third-order valence-corrected chi connectivity index (χ3v) is 5.50. The van der Waals surface area contributed by atoms with E-state index in [-0.39, 0.29) is 13.0 Å². The first-order valence-electron chi connectivity index (χ1n) is 10.8. The number of rotatable bonds is 7. The Hall–Kier alpha value is -4.06. The number of fused-ring (bicyclic) bond motifs is 1. The molecule has 0 spiro atoms. The van der Waals surface area contributed by atoms with E-state index < -0.39 is 23.8 Å². The molecule has 33 heavy (non-hydrogen) atoms. The molecule has 1 atom stereocenters. The van der Waals surface area contributed by atoms with Crippen molar-refractivity contribution in [1.82, 2.24) is 4.90 Å². The van der Waals surface area contributed by atoms with E-state index in [1.165, 1.54) is 5.56 Å². The minimum absolute atomic E-state index is 0.158. The van der Waals surface area contributed by atoms with Crippen molar-refractivity contribution in [2.45, 2.75) is 26.3 Å². The van der Waals surface area contributed by atoms with E-state index in [4.69, 9.17) is 4.74 Å². The molecule has 0 saturated heterocycles. The molecule has 0 saturated carbocycles. The van der Waals surface area contributed by atoms with Crippen molar-refractivity contribution in [3.8, 4) is 0 Å². The fourth-order valence-electron chi connectivity index (χ4n) is 3.75. The van der Waals surface area contributed by atoms with Crippen LogP contribution < -0.4 is 0 Å². The van der Waals surface area contributed by atoms with Crippen LogP contribution in [-0.2, 0) is 16.0 Å². The first-order chi connectivity index (χ1) is 16.0. The number of carbonyl (C=O) groups is 3. The fraction of sp³-hybridized carbons (Fsp3) is 0.185. The van der Waals surface area contributed by atoms with Crippen molar-refractivity contribution < 1.29 is 19.1 Å². The Labute approximate surface area is 192 Å². The van der Waals surface area contributed by atoms with E-state index in [0.29, 0.717) is 11.1 Å². The molecule has 0 aliphatic carbocycles. The Kier molecular flexibility index (Phi) is 6.45. The molecule has 2 amide bonds. The molecule has 1 heterocycles. The molecule has 1 unspecified atom stereocenters. The van der Waals surface area contributed by atoms with Gasteiger partial charge in [-0.25, -0.2) is 4.79 Å². The number of amides is 2. The standard InChI is InChI=1S/C27H24N2O4/c1-3-33-27(32)24(29-25(30)22-6-4-5-7-23(22)26(29)31)16-19-12-14-21(15-13-19)28-17-20-10-8-18(2)9-11-20/h4-15,17,24H,3,16H2,1-2H3. The van der Waals surface area contributed by atoms with Crippen molar-refractivity contribution in [2.24, 2.45) is 4.99 Å². The highest BCUT2D eigenvalue weighted by atomic mass is 16.5. The molecule has 0 radical (unpaired) electrons. The molecule has 166 valence electrons. The predicted molar refractivity (Wildman–Crippen MR) is 126 cm³/mol. The molecule has 3 aromatic rings. The van der Waals surface area contributed by atoms with Crippen LogP contribution in [0.25, 0.3) is 0 Å². The van der Waals surface area contributed by atoms with Crippen LogP contribution in [0.4, 0.5) is 5.69 Å². The van der Waals surface area contributed by atoms with Crippen molar-refractivity contribution in [2.75, 3.05) is 6.61 Å². The summed E-state index contributed by atoms with van der Waals surface area (Å²) in [7, 11) is 0. The largest absolute Gasteiger partial charge is 0.464 e. The van der Waals surface area contributed by atoms with E-state index in [1.54, 1.807) is 37.4 Å². The normalized spacial score (nSPS) is 13.9. The van der Waals surface area contributed by atoms with Crippen LogP contribution in [0, 0.1) is 6.92 Å². The summed E-state index contributed by atoms with van der Waals surface area (Å²) < 4.78 is 5.20. The molecule has 0 bridgehead atoms. The topological polar surface area (TPSA) is 76.0 Å². The maximum Gasteiger partial charge on any atom is 0.329 e. The SMILES string of the molecule is CCOC(=O)C(Cc1ccc(N=Cc2ccc(C)cc2)cc1)N1C(=O)c2ccccc2C1=O. The zero-order valence-electron chi connectivity index (χ0n) is 18.5. The molecule has 6 nitrogen and oxygen atoms in total. The molecular formula is C27H24N2O4. The Morgan fingerprint density at radius 1 is 0.939 bits per heavy atom. The average Bonchev–Trinajstić information content (AvgIpc) is 3.08. The summed E-state index contributed by atoms with van der Waals surface area (Å²) in [6.45, 7) is 3.88. The Morgan fingerprint density at radius 2 is 1.55 bits per heavy atom. The van der Waals surface area contributed by atoms with Crippen LogP contribution in [0.3, 0.4) is 0 Å². The summed E-state index contributed by atoms with van der Waals surface area (Å²) in [4.78, 5) is 44.1. The highest BCUT2D eigenvalue weighted by Crippen LogP contribution is 2.27. The number of hydrogen-bond donors (Lipinski definition) is 0. The summed E-state index contributed by atoms with van der Waals surface area (Å²) in [5, 5.41) is 0. The lowest BCUT2D eigenvalue weighted by molar-refractivity contribution is -0.147. The zero-order chi connectivity index (χ0) is 23.4. The predicted octanol–water partition coefficient (Wildman–Crippen LogP) is 4.52. The Morgan fingerprint density at radius 3 is 2.12 bits per heavy atom. The highest BCUT2D eigenvalue weighted by molar-refractivity contribution is 6.22. The number of carbonyl (C=O) groups excluding carboxylic acids is 3. The molecule has 6 heteroatoms. The van der Waals surface area contributed by atoms with Gasteiger partial charge in [0, 0.05) is 12.6 Å². The van der Waals surface area contributed by atoms with E-state index >= 15 is 0 Å². The second-order valence-electron chi connectivity index (χ2n) is 7.83.